The van der Waals surface area contributed by atoms with E-state index in [9.17, 15) is 10.1 Å². The average molecular weight is 419 g/mol. The molecule has 4 rings (SSSR count). The molecule has 3 N–H and O–H groups in total. The number of fused-ring (bicyclic) bond motifs is 1. The number of nitrogens with one attached hydrogen (secondary N) is 1. The van der Waals surface area contributed by atoms with Crippen molar-refractivity contribution < 1.29 is 4.79 Å². The molecular weight excluding hydrogens is 394 g/mol. The number of anilines is 3. The first-order chi connectivity index (χ1) is 14.8. The van der Waals surface area contributed by atoms with Gasteiger partial charge in [-0.1, -0.05) is 0 Å². The number of carbonyl (C=O) groups is 1. The zero-order valence-corrected chi connectivity index (χ0v) is 17.8. The molecule has 0 aliphatic carbocycles. The minimum Gasteiger partial charge on any atom is -0.381 e. The molecule has 0 atom stereocenters. The number of nitrogens with two attached hydrogens (primary N) is 1. The van der Waals surface area contributed by atoms with Gasteiger partial charge in [-0.15, -0.1) is 5.10 Å². The van der Waals surface area contributed by atoms with Crippen LogP contribution in [0.4, 0.5) is 17.2 Å². The van der Waals surface area contributed by atoms with Gasteiger partial charge in [-0.3, -0.25) is 9.78 Å². The molecule has 0 aromatic carbocycles. The Kier molecular flexibility index (Phi) is 5.20. The highest BCUT2D eigenvalue weighted by Gasteiger charge is 2.25. The summed E-state index contributed by atoms with van der Waals surface area (Å²) in [6.07, 6.45) is 6.61. The van der Waals surface area contributed by atoms with Crippen molar-refractivity contribution in [3.63, 3.8) is 0 Å². The average Bonchev–Trinajstić information content (AvgIpc) is 3.09. The van der Waals surface area contributed by atoms with E-state index in [1.54, 1.807) is 38.6 Å². The summed E-state index contributed by atoms with van der Waals surface area (Å²) in [5.41, 5.74) is 8.05. The van der Waals surface area contributed by atoms with Crippen LogP contribution in [0.25, 0.3) is 5.65 Å². The SMILES string of the molecule is CN1CCN(c2ccncc2NC(=O)c2c(N)nn3cc(C(C)(C)C#N)cnc23)CC1. The minimum atomic E-state index is -0.739. The summed E-state index contributed by atoms with van der Waals surface area (Å²) in [7, 11) is 2.09. The number of aromatic nitrogens is 4. The maximum absolute atomic E-state index is 13.1. The quantitative estimate of drug-likeness (QED) is 0.651. The molecule has 1 aliphatic rings. The Bertz CT molecular complexity index is 1170. The van der Waals surface area contributed by atoms with E-state index < -0.39 is 11.3 Å². The van der Waals surface area contributed by atoms with Crippen molar-refractivity contribution in [2.75, 3.05) is 49.2 Å². The van der Waals surface area contributed by atoms with Crippen LogP contribution >= 0.6 is 0 Å². The first-order valence-corrected chi connectivity index (χ1v) is 10.0. The summed E-state index contributed by atoms with van der Waals surface area (Å²) in [5, 5.41) is 16.5. The number of amides is 1. The molecule has 1 saturated heterocycles. The van der Waals surface area contributed by atoms with Crippen LogP contribution in [-0.4, -0.2) is 63.6 Å². The van der Waals surface area contributed by atoms with Gasteiger partial charge >= 0.3 is 0 Å². The molecular formula is C21H25N9O. The summed E-state index contributed by atoms with van der Waals surface area (Å²) in [6.45, 7) is 7.20. The summed E-state index contributed by atoms with van der Waals surface area (Å²) >= 11 is 0. The molecule has 0 radical (unpaired) electrons. The monoisotopic (exact) mass is 419 g/mol. The number of nitriles is 1. The Morgan fingerprint density at radius 1 is 1.26 bits per heavy atom. The van der Waals surface area contributed by atoms with Gasteiger partial charge in [0.05, 0.1) is 29.1 Å². The standard InChI is InChI=1S/C21H25N9O/c1-21(2,13-22)14-10-25-19-17(18(23)27-30(19)12-14)20(31)26-15-11-24-5-4-16(15)29-8-6-28(3)7-9-29/h4-5,10-12H,6-9H2,1-3H3,(H2,23,27)(H,26,31). The van der Waals surface area contributed by atoms with Gasteiger partial charge in [0.25, 0.3) is 5.91 Å². The second-order valence-electron chi connectivity index (χ2n) is 8.25. The Morgan fingerprint density at radius 2 is 2.00 bits per heavy atom. The lowest BCUT2D eigenvalue weighted by atomic mass is 9.89. The fourth-order valence-electron chi connectivity index (χ4n) is 3.55. The fourth-order valence-corrected chi connectivity index (χ4v) is 3.55. The fraction of sp³-hybridized carbons (Fsp3) is 0.381. The Morgan fingerprint density at radius 3 is 2.71 bits per heavy atom. The predicted molar refractivity (Wildman–Crippen MR) is 118 cm³/mol. The van der Waals surface area contributed by atoms with E-state index in [0.717, 1.165) is 31.9 Å². The van der Waals surface area contributed by atoms with Gasteiger partial charge in [0.15, 0.2) is 11.5 Å². The van der Waals surface area contributed by atoms with Gasteiger partial charge in [0.1, 0.15) is 5.56 Å². The molecule has 1 aliphatic heterocycles. The number of hydrogen-bond acceptors (Lipinski definition) is 8. The molecule has 10 heteroatoms. The first kappa shape index (κ1) is 20.6. The highest BCUT2D eigenvalue weighted by Crippen LogP contribution is 2.28. The van der Waals surface area contributed by atoms with E-state index in [1.807, 2.05) is 6.07 Å². The van der Waals surface area contributed by atoms with Crippen molar-refractivity contribution in [2.45, 2.75) is 19.3 Å². The minimum absolute atomic E-state index is 0.0713. The number of piperazine rings is 1. The van der Waals surface area contributed by atoms with E-state index in [2.05, 4.69) is 43.3 Å². The predicted octanol–water partition coefficient (Wildman–Crippen LogP) is 1.51. The normalized spacial score (nSPS) is 15.1. The molecule has 10 nitrogen and oxygen atoms in total. The van der Waals surface area contributed by atoms with E-state index in [4.69, 9.17) is 5.73 Å². The van der Waals surface area contributed by atoms with Crippen LogP contribution in [0.1, 0.15) is 29.8 Å². The third kappa shape index (κ3) is 3.87. The van der Waals surface area contributed by atoms with Crippen LogP contribution in [0.15, 0.2) is 30.9 Å². The van der Waals surface area contributed by atoms with Crippen LogP contribution in [0, 0.1) is 11.3 Å². The molecule has 0 spiro atoms. The van der Waals surface area contributed by atoms with Crippen LogP contribution in [-0.2, 0) is 5.41 Å². The molecule has 4 heterocycles. The largest absolute Gasteiger partial charge is 0.381 e. The lowest BCUT2D eigenvalue weighted by molar-refractivity contribution is 0.102. The molecule has 3 aromatic rings. The molecule has 3 aromatic heterocycles. The van der Waals surface area contributed by atoms with Gasteiger partial charge in [-0.05, 0) is 27.0 Å². The van der Waals surface area contributed by atoms with Crippen LogP contribution < -0.4 is 16.0 Å². The molecule has 0 unspecified atom stereocenters. The van der Waals surface area contributed by atoms with E-state index in [0.29, 0.717) is 16.9 Å². The smallest absolute Gasteiger partial charge is 0.263 e. The van der Waals surface area contributed by atoms with Crippen LogP contribution in [0.5, 0.6) is 0 Å². The lowest BCUT2D eigenvalue weighted by Crippen LogP contribution is -2.44. The Labute approximate surface area is 180 Å². The van der Waals surface area contributed by atoms with Crippen LogP contribution in [0.3, 0.4) is 0 Å². The van der Waals surface area contributed by atoms with Crippen molar-refractivity contribution in [3.8, 4) is 6.07 Å². The summed E-state index contributed by atoms with van der Waals surface area (Å²) in [5.74, 6) is -0.336. The maximum Gasteiger partial charge on any atom is 0.263 e. The van der Waals surface area contributed by atoms with Gasteiger partial charge in [0.2, 0.25) is 0 Å². The number of nitrogen functional groups attached to an aromatic ring is 1. The van der Waals surface area contributed by atoms with Gasteiger partial charge in [-0.2, -0.15) is 5.26 Å². The number of rotatable bonds is 4. The van der Waals surface area contributed by atoms with E-state index in [1.165, 1.54) is 4.52 Å². The number of carbonyl (C=O) groups excluding carboxylic acids is 1. The van der Waals surface area contributed by atoms with Crippen molar-refractivity contribution in [2.24, 2.45) is 0 Å². The molecule has 0 bridgehead atoms. The Balaban J connectivity index is 1.64. The van der Waals surface area contributed by atoms with Gasteiger partial charge < -0.3 is 20.9 Å². The number of likely N-dealkylation sites (N-methyl/N-ethyl adjacent to an activating group) is 1. The number of nitrogens with zero attached hydrogens (tertiary/aromatic N) is 7. The highest BCUT2D eigenvalue weighted by molar-refractivity contribution is 6.12. The third-order valence-electron chi connectivity index (χ3n) is 5.62. The van der Waals surface area contributed by atoms with E-state index in [-0.39, 0.29) is 11.4 Å². The zero-order chi connectivity index (χ0) is 22.2. The van der Waals surface area contributed by atoms with Gasteiger partial charge in [-0.25, -0.2) is 9.50 Å². The first-order valence-electron chi connectivity index (χ1n) is 10.0. The second kappa shape index (κ2) is 7.85. The highest BCUT2D eigenvalue weighted by atomic mass is 16.1. The van der Waals surface area contributed by atoms with Gasteiger partial charge in [0, 0.05) is 50.3 Å². The topological polar surface area (TPSA) is 128 Å². The molecule has 160 valence electrons. The summed E-state index contributed by atoms with van der Waals surface area (Å²) < 4.78 is 1.45. The summed E-state index contributed by atoms with van der Waals surface area (Å²) in [6, 6.07) is 4.13. The zero-order valence-electron chi connectivity index (χ0n) is 17.8. The van der Waals surface area contributed by atoms with Crippen molar-refractivity contribution in [1.82, 2.24) is 24.5 Å². The molecule has 0 saturated carbocycles. The van der Waals surface area contributed by atoms with Crippen molar-refractivity contribution >= 4 is 28.7 Å². The third-order valence-corrected chi connectivity index (χ3v) is 5.62. The molecule has 1 amide bonds. The van der Waals surface area contributed by atoms with Crippen molar-refractivity contribution in [3.05, 3.63) is 42.0 Å². The molecule has 31 heavy (non-hydrogen) atoms. The molecule has 1 fully saturated rings. The maximum atomic E-state index is 13.1. The van der Waals surface area contributed by atoms with Crippen LogP contribution in [0.2, 0.25) is 0 Å². The lowest BCUT2D eigenvalue weighted by Gasteiger charge is -2.34. The van der Waals surface area contributed by atoms with E-state index >= 15 is 0 Å². The number of hydrogen-bond donors (Lipinski definition) is 2. The number of pyridine rings is 1. The summed E-state index contributed by atoms with van der Waals surface area (Å²) in [4.78, 5) is 26.2. The van der Waals surface area contributed by atoms with Crippen molar-refractivity contribution in [1.29, 1.82) is 5.26 Å². The Hall–Kier alpha value is -3.71. The second-order valence-corrected chi connectivity index (χ2v) is 8.25.